The first-order valence-corrected chi connectivity index (χ1v) is 13.8. The summed E-state index contributed by atoms with van der Waals surface area (Å²) in [5.41, 5.74) is 6.04. The molecule has 7 aliphatic rings. The summed E-state index contributed by atoms with van der Waals surface area (Å²) < 4.78 is 4.36. The van der Waals surface area contributed by atoms with Gasteiger partial charge in [-0.05, 0) is 36.4 Å². The van der Waals surface area contributed by atoms with Crippen molar-refractivity contribution in [2.75, 3.05) is 6.67 Å². The summed E-state index contributed by atoms with van der Waals surface area (Å²) in [5, 5.41) is 0. The number of fused-ring (bicyclic) bond motifs is 14. The average molecular weight is 529 g/mol. The monoisotopic (exact) mass is 528 g/mol. The van der Waals surface area contributed by atoms with E-state index in [4.69, 9.17) is 30.0 Å². The van der Waals surface area contributed by atoms with Gasteiger partial charge in [0.25, 0.3) is 23.3 Å². The first-order valence-electron chi connectivity index (χ1n) is 13.8. The Morgan fingerprint density at radius 2 is 0.951 bits per heavy atom. The van der Waals surface area contributed by atoms with Crippen LogP contribution in [0.4, 0.5) is 0 Å². The molecule has 8 nitrogen and oxygen atoms in total. The van der Waals surface area contributed by atoms with Crippen LogP contribution in [0.2, 0.25) is 0 Å². The van der Waals surface area contributed by atoms with E-state index in [0.29, 0.717) is 18.3 Å². The largest absolute Gasteiger partial charge is 0.276 e. The van der Waals surface area contributed by atoms with Crippen LogP contribution in [-0.2, 0) is 0 Å². The third kappa shape index (κ3) is 2.78. The predicted molar refractivity (Wildman–Crippen MR) is 159 cm³/mol. The molecule has 6 aliphatic heterocycles. The zero-order valence-electron chi connectivity index (χ0n) is 21.7. The molecule has 2 unspecified atom stereocenters. The first kappa shape index (κ1) is 21.3. The molecule has 190 valence electrons. The van der Waals surface area contributed by atoms with E-state index in [0.717, 1.165) is 68.4 Å². The van der Waals surface area contributed by atoms with E-state index >= 15 is 0 Å². The molecule has 0 spiro atoms. The van der Waals surface area contributed by atoms with Crippen molar-refractivity contribution >= 4 is 46.7 Å². The van der Waals surface area contributed by atoms with Crippen molar-refractivity contribution in [2.45, 2.75) is 0 Å². The van der Waals surface area contributed by atoms with E-state index in [2.05, 4.69) is 94.1 Å². The fraction of sp³-hybridized carbons (Fsp3) is 0.0909. The lowest BCUT2D eigenvalue weighted by molar-refractivity contribution is -0.621. The Hall–Kier alpha value is -5.50. The molecule has 0 fully saturated rings. The van der Waals surface area contributed by atoms with Gasteiger partial charge in [0.15, 0.2) is 6.67 Å². The normalized spacial score (nSPS) is 23.5. The van der Waals surface area contributed by atoms with Gasteiger partial charge in [-0.15, -0.1) is 0 Å². The van der Waals surface area contributed by atoms with Crippen LogP contribution in [-0.4, -0.2) is 62.5 Å². The second-order valence-electron chi connectivity index (χ2n) is 10.8. The zero-order valence-corrected chi connectivity index (χ0v) is 21.7. The minimum atomic E-state index is 0.0247. The van der Waals surface area contributed by atoms with Crippen LogP contribution in [0.3, 0.4) is 0 Å². The van der Waals surface area contributed by atoms with Crippen molar-refractivity contribution in [1.29, 1.82) is 0 Å². The minimum absolute atomic E-state index is 0.0247. The summed E-state index contributed by atoms with van der Waals surface area (Å²) in [4.78, 5) is 31.1. The highest BCUT2D eigenvalue weighted by Crippen LogP contribution is 2.34. The van der Waals surface area contributed by atoms with Crippen LogP contribution in [0.25, 0.3) is 0 Å². The summed E-state index contributed by atoms with van der Waals surface area (Å²) in [6.45, 7) is 0.442. The Morgan fingerprint density at radius 1 is 0.463 bits per heavy atom. The Kier molecular flexibility index (Phi) is 3.94. The van der Waals surface area contributed by atoms with Gasteiger partial charge in [-0.2, -0.15) is 19.1 Å². The lowest BCUT2D eigenvalue weighted by atomic mass is 9.89. The van der Waals surface area contributed by atoms with E-state index in [1.165, 1.54) is 0 Å². The molecule has 0 saturated heterocycles. The van der Waals surface area contributed by atoms with Crippen molar-refractivity contribution in [2.24, 2.45) is 41.8 Å². The SMILES string of the molecule is C1=CC2C3=NC(=NC4=[N+]5C[N+]6=C(N=C7N=C(N=C5c5ccccc54)c4ccccc47)c4ccccc4C6=N3)C2C=C1. The second kappa shape index (κ2) is 7.57. The van der Waals surface area contributed by atoms with Gasteiger partial charge in [-0.25, -0.2) is 0 Å². The van der Waals surface area contributed by atoms with E-state index in [9.17, 15) is 0 Å². The number of allylic oxidation sites excluding steroid dienone is 2. The Bertz CT molecular complexity index is 2130. The molecule has 0 radical (unpaired) electrons. The molecule has 10 rings (SSSR count). The molecule has 6 heterocycles. The summed E-state index contributed by atoms with van der Waals surface area (Å²) in [5.74, 6) is 6.18. The lowest BCUT2D eigenvalue weighted by Gasteiger charge is -2.12. The van der Waals surface area contributed by atoms with Crippen molar-refractivity contribution in [3.8, 4) is 0 Å². The highest BCUT2D eigenvalue weighted by molar-refractivity contribution is 6.30. The van der Waals surface area contributed by atoms with Gasteiger partial charge in [0, 0.05) is 11.1 Å². The quantitative estimate of drug-likeness (QED) is 0.398. The number of amidine groups is 8. The van der Waals surface area contributed by atoms with Crippen molar-refractivity contribution in [3.05, 3.63) is 130 Å². The number of nitrogens with zero attached hydrogens (tertiary/aromatic N) is 8. The Morgan fingerprint density at radius 3 is 1.59 bits per heavy atom. The molecular weight excluding hydrogens is 508 g/mol. The van der Waals surface area contributed by atoms with Gasteiger partial charge in [-0.1, -0.05) is 80.7 Å². The predicted octanol–water partition coefficient (Wildman–Crippen LogP) is 3.79. The zero-order chi connectivity index (χ0) is 26.7. The van der Waals surface area contributed by atoms with Gasteiger partial charge >= 0.3 is 0 Å². The van der Waals surface area contributed by atoms with Gasteiger partial charge < -0.3 is 0 Å². The number of hydrogen-bond acceptors (Lipinski definition) is 6. The van der Waals surface area contributed by atoms with Crippen molar-refractivity contribution in [1.82, 2.24) is 0 Å². The van der Waals surface area contributed by atoms with Crippen LogP contribution in [0.1, 0.15) is 33.4 Å². The van der Waals surface area contributed by atoms with Crippen LogP contribution < -0.4 is 0 Å². The van der Waals surface area contributed by atoms with E-state index in [-0.39, 0.29) is 11.8 Å². The van der Waals surface area contributed by atoms with Gasteiger partial charge in [-0.3, -0.25) is 0 Å². The molecule has 8 heteroatoms. The second-order valence-corrected chi connectivity index (χ2v) is 10.8. The summed E-state index contributed by atoms with van der Waals surface area (Å²) in [6, 6.07) is 24.9. The fourth-order valence-electron chi connectivity index (χ4n) is 6.67. The van der Waals surface area contributed by atoms with Crippen molar-refractivity contribution < 1.29 is 9.15 Å². The molecule has 3 aromatic carbocycles. The number of aliphatic imine (C=N–C) groups is 6. The maximum atomic E-state index is 5.28. The molecule has 0 saturated carbocycles. The first-order chi connectivity index (χ1) is 20.3. The average Bonchev–Trinajstić information content (AvgIpc) is 3.72. The smallest absolute Gasteiger partial charge is 0.194 e. The Balaban J connectivity index is 1.37. The van der Waals surface area contributed by atoms with Gasteiger partial charge in [0.05, 0.1) is 34.1 Å². The molecule has 41 heavy (non-hydrogen) atoms. The summed E-state index contributed by atoms with van der Waals surface area (Å²) >= 11 is 0. The molecule has 0 amide bonds. The molecule has 2 atom stereocenters. The molecule has 1 aliphatic carbocycles. The highest BCUT2D eigenvalue weighted by Gasteiger charge is 2.47. The minimum Gasteiger partial charge on any atom is -0.194 e. The third-order valence-electron chi connectivity index (χ3n) is 8.57. The maximum Gasteiger partial charge on any atom is 0.276 e. The highest BCUT2D eigenvalue weighted by atomic mass is 15.3. The maximum absolute atomic E-state index is 5.28. The van der Waals surface area contributed by atoms with Crippen LogP contribution in [0.15, 0.2) is 127 Å². The summed E-state index contributed by atoms with van der Waals surface area (Å²) in [6.07, 6.45) is 8.52. The topological polar surface area (TPSA) is 80.2 Å². The number of benzene rings is 3. The molecular formula is C33H20N8+2. The molecule has 3 aromatic rings. The Labute approximate surface area is 234 Å². The standard InChI is InChI=1S/C33H20N8/c1-2-10-19-18(9-1)26-34-27(19)37-31-24-15-7-8-16-25(24)33-39-29-21-12-4-3-11-20(21)28(35-29)38-32-23-14-6-5-13-22(23)30(36-26)40(32)17-41(31)33/h1-16,18-19H,17H2/q+2. The number of rotatable bonds is 0. The fourth-order valence-corrected chi connectivity index (χ4v) is 6.67. The van der Waals surface area contributed by atoms with Crippen LogP contribution in [0.5, 0.6) is 0 Å². The van der Waals surface area contributed by atoms with Gasteiger partial charge in [0.1, 0.15) is 0 Å². The van der Waals surface area contributed by atoms with Crippen LogP contribution in [0, 0.1) is 11.8 Å². The van der Waals surface area contributed by atoms with E-state index < -0.39 is 0 Å². The van der Waals surface area contributed by atoms with E-state index in [1.807, 2.05) is 12.1 Å². The lowest BCUT2D eigenvalue weighted by Crippen LogP contribution is -2.35. The van der Waals surface area contributed by atoms with Gasteiger partial charge in [0.2, 0.25) is 23.3 Å². The molecule has 0 aromatic heterocycles. The van der Waals surface area contributed by atoms with Crippen molar-refractivity contribution in [3.63, 3.8) is 0 Å². The van der Waals surface area contributed by atoms with Crippen LogP contribution >= 0.6 is 0 Å². The molecule has 0 N–H and O–H groups in total. The van der Waals surface area contributed by atoms with E-state index in [1.54, 1.807) is 0 Å². The summed E-state index contributed by atoms with van der Waals surface area (Å²) in [7, 11) is 0. The number of hydrogen-bond donors (Lipinski definition) is 0. The third-order valence-corrected chi connectivity index (χ3v) is 8.57. The molecule has 6 bridgehead atoms.